The molecular formula is C20H25NO5S. The number of fused-ring (bicyclic) bond motifs is 1. The van der Waals surface area contributed by atoms with Crippen LogP contribution in [0.15, 0.2) is 36.4 Å². The fraction of sp³-hybridized carbons (Fsp3) is 0.550. The van der Waals surface area contributed by atoms with Crippen molar-refractivity contribution in [3.8, 4) is 0 Å². The van der Waals surface area contributed by atoms with E-state index in [1.54, 1.807) is 25.1 Å². The molecule has 3 heterocycles. The highest BCUT2D eigenvalue weighted by Gasteiger charge is 2.65. The number of esters is 1. The monoisotopic (exact) mass is 391 g/mol. The lowest BCUT2D eigenvalue weighted by atomic mass is 9.85. The molecule has 5 atom stereocenters. The summed E-state index contributed by atoms with van der Waals surface area (Å²) in [7, 11) is -3.52. The summed E-state index contributed by atoms with van der Waals surface area (Å²) in [5.74, 6) is -0.478. The van der Waals surface area contributed by atoms with E-state index in [-0.39, 0.29) is 11.5 Å². The number of nitrogens with one attached hydrogen (secondary N) is 1. The standard InChI is InChI=1S/C20H25NO5S/c1-12-17(20-10-9-15(26-20)11-16(20)27(23,24)21-12)25-18(22)13-5-7-14(8-6-13)19(2,3)4/h5-10,12,15-17,21H,11H2,1-4H3/t12-,15+,16-,17-,20+/m0/s1. The molecular weight excluding hydrogens is 366 g/mol. The summed E-state index contributed by atoms with van der Waals surface area (Å²) in [4.78, 5) is 12.8. The van der Waals surface area contributed by atoms with Crippen LogP contribution in [0, 0.1) is 0 Å². The molecule has 1 spiro atoms. The van der Waals surface area contributed by atoms with Crippen LogP contribution in [-0.2, 0) is 24.9 Å². The van der Waals surface area contributed by atoms with Crippen molar-refractivity contribution in [2.24, 2.45) is 0 Å². The Morgan fingerprint density at radius 3 is 2.52 bits per heavy atom. The van der Waals surface area contributed by atoms with E-state index < -0.39 is 39.0 Å². The first-order valence-corrected chi connectivity index (χ1v) is 10.8. The molecule has 2 fully saturated rings. The van der Waals surface area contributed by atoms with Gasteiger partial charge in [-0.1, -0.05) is 39.0 Å². The summed E-state index contributed by atoms with van der Waals surface area (Å²) in [6, 6.07) is 6.76. The summed E-state index contributed by atoms with van der Waals surface area (Å²) in [5.41, 5.74) is 0.451. The lowest BCUT2D eigenvalue weighted by Crippen LogP contribution is -2.67. The number of ether oxygens (including phenoxy) is 2. The van der Waals surface area contributed by atoms with Crippen molar-refractivity contribution in [3.05, 3.63) is 47.5 Å². The van der Waals surface area contributed by atoms with E-state index in [2.05, 4.69) is 25.5 Å². The summed E-state index contributed by atoms with van der Waals surface area (Å²) >= 11 is 0. The number of carbonyl (C=O) groups is 1. The van der Waals surface area contributed by atoms with Crippen LogP contribution in [0.3, 0.4) is 0 Å². The molecule has 2 bridgehead atoms. The van der Waals surface area contributed by atoms with Gasteiger partial charge in [0.15, 0.2) is 6.10 Å². The molecule has 0 aromatic heterocycles. The second kappa shape index (κ2) is 5.90. The van der Waals surface area contributed by atoms with E-state index in [4.69, 9.17) is 9.47 Å². The third-order valence-electron chi connectivity index (χ3n) is 5.72. The van der Waals surface area contributed by atoms with Gasteiger partial charge in [0.2, 0.25) is 10.0 Å². The highest BCUT2D eigenvalue weighted by Crippen LogP contribution is 2.48. The molecule has 0 radical (unpaired) electrons. The Bertz CT molecular complexity index is 899. The zero-order valence-corrected chi connectivity index (χ0v) is 16.7. The zero-order chi connectivity index (χ0) is 19.6. The van der Waals surface area contributed by atoms with E-state index >= 15 is 0 Å². The van der Waals surface area contributed by atoms with Crippen molar-refractivity contribution in [2.75, 3.05) is 0 Å². The Morgan fingerprint density at radius 2 is 1.93 bits per heavy atom. The first kappa shape index (κ1) is 18.7. The van der Waals surface area contributed by atoms with Gasteiger partial charge in [-0.15, -0.1) is 0 Å². The second-order valence-electron chi connectivity index (χ2n) is 8.70. The largest absolute Gasteiger partial charge is 0.454 e. The van der Waals surface area contributed by atoms with E-state index in [9.17, 15) is 13.2 Å². The molecule has 1 aromatic rings. The first-order valence-electron chi connectivity index (χ1n) is 9.23. The topological polar surface area (TPSA) is 81.7 Å². The molecule has 3 aliphatic rings. The molecule has 0 aliphatic carbocycles. The summed E-state index contributed by atoms with van der Waals surface area (Å²) < 4.78 is 39.5. The van der Waals surface area contributed by atoms with Gasteiger partial charge in [0, 0.05) is 0 Å². The molecule has 27 heavy (non-hydrogen) atoms. The lowest BCUT2D eigenvalue weighted by molar-refractivity contribution is -0.0845. The van der Waals surface area contributed by atoms with Gasteiger partial charge in [-0.3, -0.25) is 0 Å². The van der Waals surface area contributed by atoms with Crippen LogP contribution in [0.25, 0.3) is 0 Å². The van der Waals surface area contributed by atoms with Gasteiger partial charge in [0.05, 0.1) is 17.7 Å². The van der Waals surface area contributed by atoms with Gasteiger partial charge in [0.25, 0.3) is 0 Å². The number of hydrogen-bond acceptors (Lipinski definition) is 5. The van der Waals surface area contributed by atoms with Crippen LogP contribution < -0.4 is 4.72 Å². The van der Waals surface area contributed by atoms with E-state index in [1.807, 2.05) is 18.2 Å². The second-order valence-corrected chi connectivity index (χ2v) is 10.6. The van der Waals surface area contributed by atoms with Crippen molar-refractivity contribution >= 4 is 16.0 Å². The van der Waals surface area contributed by atoms with E-state index in [0.29, 0.717) is 12.0 Å². The van der Waals surface area contributed by atoms with Crippen LogP contribution >= 0.6 is 0 Å². The van der Waals surface area contributed by atoms with Gasteiger partial charge in [-0.05, 0) is 42.5 Å². The zero-order valence-electron chi connectivity index (χ0n) is 15.9. The number of benzene rings is 1. The first-order chi connectivity index (χ1) is 12.5. The van der Waals surface area contributed by atoms with Gasteiger partial charge < -0.3 is 9.47 Å². The summed E-state index contributed by atoms with van der Waals surface area (Å²) in [5, 5.41) is -0.739. The van der Waals surface area contributed by atoms with Gasteiger partial charge in [0.1, 0.15) is 10.9 Å². The molecule has 0 amide bonds. The minimum Gasteiger partial charge on any atom is -0.454 e. The average molecular weight is 391 g/mol. The summed E-state index contributed by atoms with van der Waals surface area (Å²) in [6.45, 7) is 8.02. The number of rotatable bonds is 2. The Balaban J connectivity index is 1.60. The van der Waals surface area contributed by atoms with Crippen molar-refractivity contribution in [1.29, 1.82) is 0 Å². The van der Waals surface area contributed by atoms with Gasteiger partial charge >= 0.3 is 5.97 Å². The number of sulfonamides is 1. The molecule has 4 rings (SSSR count). The molecule has 1 N–H and O–H groups in total. The van der Waals surface area contributed by atoms with E-state index in [0.717, 1.165) is 5.56 Å². The molecule has 1 aromatic carbocycles. The van der Waals surface area contributed by atoms with Crippen LogP contribution in [0.4, 0.5) is 0 Å². The van der Waals surface area contributed by atoms with Crippen molar-refractivity contribution < 1.29 is 22.7 Å². The predicted octanol–water partition coefficient (Wildman–Crippen LogP) is 2.30. The molecule has 6 nitrogen and oxygen atoms in total. The Morgan fingerprint density at radius 1 is 1.26 bits per heavy atom. The molecule has 146 valence electrons. The van der Waals surface area contributed by atoms with Crippen LogP contribution in [0.5, 0.6) is 0 Å². The third-order valence-corrected chi connectivity index (χ3v) is 7.73. The highest BCUT2D eigenvalue weighted by atomic mass is 32.2. The van der Waals surface area contributed by atoms with Crippen LogP contribution in [-0.4, -0.2) is 43.5 Å². The Hall–Kier alpha value is -1.70. The van der Waals surface area contributed by atoms with Crippen molar-refractivity contribution in [1.82, 2.24) is 4.72 Å². The Kier molecular flexibility index (Phi) is 4.07. The molecule has 3 aliphatic heterocycles. The van der Waals surface area contributed by atoms with Crippen LogP contribution in [0.2, 0.25) is 0 Å². The summed E-state index contributed by atoms with van der Waals surface area (Å²) in [6.07, 6.45) is 3.05. The van der Waals surface area contributed by atoms with Crippen molar-refractivity contribution in [2.45, 2.75) is 68.6 Å². The molecule has 0 unspecified atom stereocenters. The maximum absolute atomic E-state index is 12.8. The quantitative estimate of drug-likeness (QED) is 0.618. The smallest absolute Gasteiger partial charge is 0.338 e. The van der Waals surface area contributed by atoms with Crippen LogP contribution in [0.1, 0.15) is 50.0 Å². The predicted molar refractivity (Wildman–Crippen MR) is 101 cm³/mol. The normalized spacial score (nSPS) is 36.4. The van der Waals surface area contributed by atoms with E-state index in [1.165, 1.54) is 0 Å². The van der Waals surface area contributed by atoms with Gasteiger partial charge in [-0.2, -0.15) is 0 Å². The maximum atomic E-state index is 12.8. The SMILES string of the molecule is C[C@@H]1NS(=O)(=O)[C@H]2C[C@H]3C=C[C@]2(O3)[C@H]1OC(=O)c1ccc(C(C)(C)C)cc1. The highest BCUT2D eigenvalue weighted by molar-refractivity contribution is 7.90. The lowest BCUT2D eigenvalue weighted by Gasteiger charge is -2.44. The van der Waals surface area contributed by atoms with Gasteiger partial charge in [-0.25, -0.2) is 17.9 Å². The third kappa shape index (κ3) is 2.92. The fourth-order valence-electron chi connectivity index (χ4n) is 4.30. The molecule has 2 saturated heterocycles. The average Bonchev–Trinajstić information content (AvgIpc) is 3.17. The number of carbonyl (C=O) groups excluding carboxylic acids is 1. The molecule has 0 saturated carbocycles. The number of hydrogen-bond donors (Lipinski definition) is 1. The minimum absolute atomic E-state index is 0.00781. The fourth-order valence-corrected chi connectivity index (χ4v) is 6.30. The minimum atomic E-state index is -3.52. The maximum Gasteiger partial charge on any atom is 0.338 e. The Labute approximate surface area is 160 Å². The molecule has 7 heteroatoms. The van der Waals surface area contributed by atoms with Crippen molar-refractivity contribution in [3.63, 3.8) is 0 Å².